The van der Waals surface area contributed by atoms with Crippen LogP contribution < -0.4 is 36.7 Å². The predicted octanol–water partition coefficient (Wildman–Crippen LogP) is 11.2. The average molecular weight is 1170 g/mol. The summed E-state index contributed by atoms with van der Waals surface area (Å²) < 4.78 is 32.2. The van der Waals surface area contributed by atoms with Crippen LogP contribution in [0.4, 0.5) is 4.79 Å². The van der Waals surface area contributed by atoms with Crippen molar-refractivity contribution in [2.45, 2.75) is 155 Å². The van der Waals surface area contributed by atoms with Crippen molar-refractivity contribution in [3.63, 3.8) is 0 Å². The van der Waals surface area contributed by atoms with Crippen LogP contribution in [0.1, 0.15) is 159 Å². The molecule has 4 N–H and O–H groups in total. The molecule has 1 aromatic heterocycles. The number of allylic oxidation sites excluding steroid dienone is 1. The van der Waals surface area contributed by atoms with Crippen LogP contribution in [-0.4, -0.2) is 86.4 Å². The van der Waals surface area contributed by atoms with E-state index in [9.17, 15) is 28.8 Å². The molecule has 5 aliphatic rings. The molecule has 4 aliphatic carbocycles. The number of carbonyl (C=O) groups excluding carboxylic acids is 4. The summed E-state index contributed by atoms with van der Waals surface area (Å²) in [5.74, 6) is 4.45. The zero-order chi connectivity index (χ0) is 60.5. The van der Waals surface area contributed by atoms with Gasteiger partial charge in [0, 0.05) is 58.1 Å². The largest absolute Gasteiger partial charge is 0.497 e. The van der Waals surface area contributed by atoms with E-state index in [2.05, 4.69) is 61.6 Å². The number of ether oxygens (including phenoxy) is 5. The quantitative estimate of drug-likeness (QED) is 0.0213. The normalized spacial score (nSPS) is 26.6. The van der Waals surface area contributed by atoms with E-state index in [0.717, 1.165) is 72.0 Å². The van der Waals surface area contributed by atoms with Crippen molar-refractivity contribution in [1.82, 2.24) is 25.5 Å². The molecule has 3 amide bonds. The van der Waals surface area contributed by atoms with E-state index in [4.69, 9.17) is 23.7 Å². The van der Waals surface area contributed by atoms with Crippen LogP contribution in [0.2, 0.25) is 0 Å². The highest BCUT2D eigenvalue weighted by Crippen LogP contribution is 2.67. The number of nitrogens with one attached hydrogen (secondary N) is 4. The van der Waals surface area contributed by atoms with Crippen molar-refractivity contribution in [2.75, 3.05) is 41.0 Å². The molecular formula is C69H91N5O11. The number of nitrogens with zero attached hydrogens (tertiary/aromatic N) is 1. The lowest BCUT2D eigenvalue weighted by molar-refractivity contribution is -0.126. The summed E-state index contributed by atoms with van der Waals surface area (Å²) in [5.41, 5.74) is 1.75. The van der Waals surface area contributed by atoms with Gasteiger partial charge in [0.25, 0.3) is 5.56 Å². The summed E-state index contributed by atoms with van der Waals surface area (Å²) in [4.78, 5) is 81.3. The molecule has 4 fully saturated rings. The molecular weight excluding hydrogens is 1070 g/mol. The van der Waals surface area contributed by atoms with Crippen LogP contribution in [-0.2, 0) is 34.2 Å². The molecule has 0 bridgehead atoms. The molecule has 16 heteroatoms. The third-order valence-electron chi connectivity index (χ3n) is 20.3. The Labute approximate surface area is 501 Å². The molecule has 9 rings (SSSR count). The molecule has 4 aromatic rings. The molecule has 4 unspecified atom stereocenters. The first-order valence-corrected chi connectivity index (χ1v) is 31.2. The fraction of sp³-hybridized carbons (Fsp3) is 0.565. The van der Waals surface area contributed by atoms with Crippen LogP contribution in [0.5, 0.6) is 11.5 Å². The Morgan fingerprint density at radius 1 is 0.824 bits per heavy atom. The van der Waals surface area contributed by atoms with Crippen LogP contribution in [0.15, 0.2) is 112 Å². The monoisotopic (exact) mass is 1170 g/mol. The van der Waals surface area contributed by atoms with Gasteiger partial charge in [0.15, 0.2) is 0 Å². The Balaban J connectivity index is 0.814. The molecule has 85 heavy (non-hydrogen) atoms. The number of benzene rings is 3. The van der Waals surface area contributed by atoms with Gasteiger partial charge in [-0.1, -0.05) is 120 Å². The number of Topliss-reactive ketones (excluding diaryl/α,β-unsaturated/α-hetero) is 1. The van der Waals surface area contributed by atoms with Crippen molar-refractivity contribution >= 4 is 29.8 Å². The first kappa shape index (κ1) is 62.7. The van der Waals surface area contributed by atoms with Crippen molar-refractivity contribution in [3.05, 3.63) is 146 Å². The molecule has 3 aromatic carbocycles. The van der Waals surface area contributed by atoms with Gasteiger partial charge in [-0.05, 0) is 151 Å². The Bertz CT molecular complexity index is 3090. The number of fused-ring (bicyclic) bond motifs is 5. The summed E-state index contributed by atoms with van der Waals surface area (Å²) in [7, 11) is 4.72. The van der Waals surface area contributed by atoms with Crippen molar-refractivity contribution < 1.29 is 42.9 Å². The maximum atomic E-state index is 13.6. The van der Waals surface area contributed by atoms with E-state index in [0.29, 0.717) is 22.8 Å². The lowest BCUT2D eigenvalue weighted by atomic mass is 9.47. The molecule has 2 heterocycles. The Morgan fingerprint density at radius 2 is 1.51 bits per heavy atom. The zero-order valence-electron chi connectivity index (χ0n) is 51.3. The molecule has 458 valence electrons. The summed E-state index contributed by atoms with van der Waals surface area (Å²) in [6, 6.07) is 24.9. The predicted molar refractivity (Wildman–Crippen MR) is 328 cm³/mol. The van der Waals surface area contributed by atoms with Gasteiger partial charge in [0.05, 0.1) is 32.5 Å². The number of aromatic nitrogens is 2. The molecule has 3 saturated carbocycles. The second-order valence-corrected chi connectivity index (χ2v) is 25.7. The first-order valence-electron chi connectivity index (χ1n) is 31.2. The molecule has 0 radical (unpaired) electrons. The van der Waals surface area contributed by atoms with Gasteiger partial charge in [-0.25, -0.2) is 9.59 Å². The van der Waals surface area contributed by atoms with E-state index in [1.807, 2.05) is 78.9 Å². The minimum absolute atomic E-state index is 0.00802. The number of methoxy groups -OCH3 is 2. The second-order valence-electron chi connectivity index (χ2n) is 25.7. The standard InChI is InChI=1S/C69H91N5O11/c1-44(2)13-12-14-45(3)57-29-30-58-56-28-22-51-41-55(33-35-67(51,4)59(56)34-36-68(57,58)5)84-66(80)72-38-37-71-62(77)31-17-46-42-74(65(79)73-64(46)78)63-40-47(39-52(75)23-32-61(76)70-6)60(85-63)43-83-69(48-15-10-9-11-16-48,49-18-24-53(81-7)25-19-49)50-20-26-54(82-8)27-21-50/h9-11,15-22,24-27,31,42,44-45,47,55-60,63H,12-14,23,28-30,32-41,43H2,1-8H3,(H,70,76)(H,71,77)(H,72,80)(H,73,78,79)/t45-,47?,55+,56?,57-,58?,59?,60-,63-,67+,68-/m1/s1. The lowest BCUT2D eigenvalue weighted by Gasteiger charge is -2.58. The summed E-state index contributed by atoms with van der Waals surface area (Å²) in [5, 5.41) is 8.12. The van der Waals surface area contributed by atoms with E-state index < -0.39 is 47.1 Å². The van der Waals surface area contributed by atoms with Gasteiger partial charge < -0.3 is 39.6 Å². The minimum Gasteiger partial charge on any atom is -0.497 e. The zero-order valence-corrected chi connectivity index (χ0v) is 51.3. The fourth-order valence-electron chi connectivity index (χ4n) is 15.8. The highest BCUT2D eigenvalue weighted by atomic mass is 16.6. The number of rotatable bonds is 25. The van der Waals surface area contributed by atoms with Crippen molar-refractivity contribution in [1.29, 1.82) is 0 Å². The number of aromatic amines is 1. The average Bonchev–Trinajstić information content (AvgIpc) is 2.03. The Hall–Kier alpha value is -6.78. The van der Waals surface area contributed by atoms with Gasteiger partial charge in [-0.2, -0.15) is 0 Å². The maximum Gasteiger partial charge on any atom is 0.407 e. The van der Waals surface area contributed by atoms with Gasteiger partial charge in [0.1, 0.15) is 35.2 Å². The van der Waals surface area contributed by atoms with Gasteiger partial charge >= 0.3 is 11.8 Å². The number of alkyl carbamates (subject to hydrolysis) is 1. The van der Waals surface area contributed by atoms with Gasteiger partial charge in [0.2, 0.25) is 11.8 Å². The van der Waals surface area contributed by atoms with E-state index in [-0.39, 0.29) is 74.2 Å². The van der Waals surface area contributed by atoms with Crippen LogP contribution in [0.3, 0.4) is 0 Å². The Morgan fingerprint density at radius 3 is 2.18 bits per heavy atom. The highest BCUT2D eigenvalue weighted by molar-refractivity contribution is 5.91. The molecule has 11 atom stereocenters. The number of hydrogen-bond donors (Lipinski definition) is 4. The number of hydrogen-bond acceptors (Lipinski definition) is 11. The SMILES string of the molecule is CNC(=O)CCC(=O)CC1C[C@H](n2cc(C=CC(=O)NCCNC(=O)O[C@H]3CC[C@@]4(C)C(=CCC5C4CC[C@@]4(C)C5CC[C@@H]4[C@H](C)CCCC(C)C)C3)c(=O)[nH]c2=O)O[C@@H]1COC(c1ccccc1)(c1ccc(OC)cc1)c1ccc(OC)cc1. The number of amides is 3. The van der Waals surface area contributed by atoms with Crippen molar-refractivity contribution in [2.24, 2.45) is 52.3 Å². The third kappa shape index (κ3) is 14.1. The molecule has 1 aliphatic heterocycles. The third-order valence-corrected chi connectivity index (χ3v) is 20.3. The highest BCUT2D eigenvalue weighted by Gasteiger charge is 2.59. The number of carbonyl (C=O) groups is 4. The van der Waals surface area contributed by atoms with Crippen molar-refractivity contribution in [3.8, 4) is 11.5 Å². The molecule has 0 spiro atoms. The van der Waals surface area contributed by atoms with Crippen LogP contribution in [0, 0.1) is 52.3 Å². The smallest absolute Gasteiger partial charge is 0.407 e. The second kappa shape index (κ2) is 27.7. The van der Waals surface area contributed by atoms with Crippen LogP contribution >= 0.6 is 0 Å². The molecule has 1 saturated heterocycles. The maximum absolute atomic E-state index is 13.6. The first-order chi connectivity index (χ1) is 40.9. The Kier molecular flexibility index (Phi) is 20.5. The minimum atomic E-state index is -1.22. The number of ketones is 1. The summed E-state index contributed by atoms with van der Waals surface area (Å²) >= 11 is 0. The van der Waals surface area contributed by atoms with Gasteiger partial charge in [-0.15, -0.1) is 0 Å². The van der Waals surface area contributed by atoms with E-state index in [1.54, 1.807) is 14.2 Å². The topological polar surface area (TPSA) is 205 Å². The lowest BCUT2D eigenvalue weighted by Crippen LogP contribution is -2.51. The number of H-pyrrole nitrogens is 1. The van der Waals surface area contributed by atoms with Crippen LogP contribution in [0.25, 0.3) is 6.08 Å². The summed E-state index contributed by atoms with van der Waals surface area (Å²) in [6.07, 6.45) is 17.3. The fourth-order valence-corrected chi connectivity index (χ4v) is 15.8. The van der Waals surface area contributed by atoms with E-state index in [1.165, 1.54) is 80.5 Å². The van der Waals surface area contributed by atoms with E-state index >= 15 is 0 Å². The van der Waals surface area contributed by atoms with Gasteiger partial charge in [-0.3, -0.25) is 28.7 Å². The summed E-state index contributed by atoms with van der Waals surface area (Å²) in [6.45, 7) is 12.5. The molecule has 16 nitrogen and oxygen atoms in total.